The maximum Gasteiger partial charge on any atom is 0.259 e. The Labute approximate surface area is 211 Å². The number of hydrogen-bond acceptors (Lipinski definition) is 5. The summed E-state index contributed by atoms with van der Waals surface area (Å²) in [4.78, 5) is 20.3. The quantitative estimate of drug-likeness (QED) is 0.340. The van der Waals surface area contributed by atoms with E-state index in [4.69, 9.17) is 34.3 Å². The molecule has 1 saturated heterocycles. The van der Waals surface area contributed by atoms with E-state index in [0.717, 1.165) is 10.6 Å². The largest absolute Gasteiger partial charge is 0.302 e. The Morgan fingerprint density at radius 2 is 1.79 bits per heavy atom. The van der Waals surface area contributed by atoms with Crippen molar-refractivity contribution in [1.82, 2.24) is 4.98 Å². The highest BCUT2D eigenvalue weighted by molar-refractivity contribution is 7.81. The van der Waals surface area contributed by atoms with Crippen molar-refractivity contribution >= 4 is 46.2 Å². The molecule has 0 unspecified atom stereocenters. The van der Waals surface area contributed by atoms with Gasteiger partial charge < -0.3 is 4.90 Å². The zero-order valence-electron chi connectivity index (χ0n) is 20.3. The number of carbonyl (C=O) groups excluding carboxylic acids is 1. The Hall–Kier alpha value is -3.07. The number of carbonyl (C=O) groups is 1. The molecule has 1 amide bonds. The Morgan fingerprint density at radius 1 is 1.15 bits per heavy atom. The number of rotatable bonds is 5. The SMILES string of the molecule is CC.CC.CC1(C)C(=O)N(c2ccc(C#N)c(Cl)c2F)C(=S)N1c1ccc(CCCC#N)nc1. The van der Waals surface area contributed by atoms with Crippen molar-refractivity contribution < 1.29 is 9.18 Å². The number of nitrogens with zero attached hydrogens (tertiary/aromatic N) is 5. The molecule has 2 aromatic rings. The minimum absolute atomic E-state index is 0.0252. The first kappa shape index (κ1) is 29.0. The van der Waals surface area contributed by atoms with E-state index in [1.165, 1.54) is 12.1 Å². The van der Waals surface area contributed by atoms with Gasteiger partial charge in [0.25, 0.3) is 5.91 Å². The lowest BCUT2D eigenvalue weighted by Gasteiger charge is -2.29. The molecule has 34 heavy (non-hydrogen) atoms. The number of thiocarbonyl (C=S) groups is 1. The van der Waals surface area contributed by atoms with Crippen LogP contribution in [0, 0.1) is 28.5 Å². The van der Waals surface area contributed by atoms with E-state index in [-0.39, 0.29) is 21.4 Å². The minimum Gasteiger partial charge on any atom is -0.302 e. The second-order valence-corrected chi connectivity index (χ2v) is 7.95. The average molecular weight is 502 g/mol. The van der Waals surface area contributed by atoms with Gasteiger partial charge in [-0.25, -0.2) is 4.39 Å². The Bertz CT molecular complexity index is 1110. The molecule has 1 aromatic carbocycles. The van der Waals surface area contributed by atoms with E-state index in [1.54, 1.807) is 37.1 Å². The van der Waals surface area contributed by atoms with Gasteiger partial charge in [-0.2, -0.15) is 10.5 Å². The number of benzene rings is 1. The summed E-state index contributed by atoms with van der Waals surface area (Å²) in [5, 5.41) is 17.4. The van der Waals surface area contributed by atoms with Crippen LogP contribution in [0.2, 0.25) is 5.02 Å². The van der Waals surface area contributed by atoms with Crippen LogP contribution in [-0.2, 0) is 11.2 Å². The Balaban J connectivity index is 0.00000137. The van der Waals surface area contributed by atoms with Crippen molar-refractivity contribution in [3.05, 3.63) is 52.6 Å². The monoisotopic (exact) mass is 501 g/mol. The molecule has 180 valence electrons. The van der Waals surface area contributed by atoms with E-state index in [9.17, 15) is 9.18 Å². The van der Waals surface area contributed by atoms with E-state index in [1.807, 2.05) is 33.8 Å². The molecule has 0 N–H and O–H groups in total. The van der Waals surface area contributed by atoms with E-state index in [2.05, 4.69) is 11.1 Å². The highest BCUT2D eigenvalue weighted by atomic mass is 35.5. The number of aromatic nitrogens is 1. The summed E-state index contributed by atoms with van der Waals surface area (Å²) in [6, 6.07) is 10.2. The first-order valence-corrected chi connectivity index (χ1v) is 11.9. The summed E-state index contributed by atoms with van der Waals surface area (Å²) >= 11 is 11.5. The maximum absolute atomic E-state index is 14.8. The van der Waals surface area contributed by atoms with Gasteiger partial charge in [-0.1, -0.05) is 39.3 Å². The molecule has 0 bridgehead atoms. The lowest BCUT2D eigenvalue weighted by atomic mass is 10.0. The van der Waals surface area contributed by atoms with Crippen LogP contribution in [0.15, 0.2) is 30.5 Å². The number of halogens is 2. The van der Waals surface area contributed by atoms with Gasteiger partial charge >= 0.3 is 0 Å². The van der Waals surface area contributed by atoms with Crippen LogP contribution in [0.1, 0.15) is 65.6 Å². The second kappa shape index (κ2) is 13.0. The Kier molecular flexibility index (Phi) is 11.1. The lowest BCUT2D eigenvalue weighted by molar-refractivity contribution is -0.120. The third-order valence-electron chi connectivity index (χ3n) is 4.88. The highest BCUT2D eigenvalue weighted by Crippen LogP contribution is 2.38. The number of pyridine rings is 1. The molecule has 0 radical (unpaired) electrons. The summed E-state index contributed by atoms with van der Waals surface area (Å²) in [6.07, 6.45) is 3.44. The summed E-state index contributed by atoms with van der Waals surface area (Å²) in [5.41, 5.74) is 0.192. The molecule has 2 heterocycles. The number of unbranched alkanes of at least 4 members (excludes halogenated alkanes) is 1. The second-order valence-electron chi connectivity index (χ2n) is 7.21. The van der Waals surface area contributed by atoms with Gasteiger partial charge in [-0.05, 0) is 63.2 Å². The molecule has 0 atom stereocenters. The molecular weight excluding hydrogens is 473 g/mol. The van der Waals surface area contributed by atoms with Crippen molar-refractivity contribution in [3.63, 3.8) is 0 Å². The first-order chi connectivity index (χ1) is 16.2. The van der Waals surface area contributed by atoms with Crippen molar-refractivity contribution in [2.24, 2.45) is 0 Å². The van der Waals surface area contributed by atoms with Gasteiger partial charge in [0.05, 0.1) is 34.2 Å². The summed E-state index contributed by atoms with van der Waals surface area (Å²) in [7, 11) is 0. The van der Waals surface area contributed by atoms with Gasteiger partial charge in [-0.15, -0.1) is 0 Å². The van der Waals surface area contributed by atoms with E-state index >= 15 is 0 Å². The predicted molar refractivity (Wildman–Crippen MR) is 138 cm³/mol. The number of hydrogen-bond donors (Lipinski definition) is 0. The van der Waals surface area contributed by atoms with Gasteiger partial charge in [0.1, 0.15) is 11.6 Å². The average Bonchev–Trinajstić information content (AvgIpc) is 3.03. The summed E-state index contributed by atoms with van der Waals surface area (Å²) < 4.78 is 14.8. The number of amides is 1. The third-order valence-corrected chi connectivity index (χ3v) is 5.61. The third kappa shape index (κ3) is 5.70. The van der Waals surface area contributed by atoms with Crippen LogP contribution in [-0.4, -0.2) is 21.5 Å². The molecule has 1 fully saturated rings. The van der Waals surface area contributed by atoms with Crippen LogP contribution in [0.25, 0.3) is 0 Å². The minimum atomic E-state index is -1.09. The predicted octanol–water partition coefficient (Wildman–Crippen LogP) is 6.56. The zero-order chi connectivity index (χ0) is 26.1. The van der Waals surface area contributed by atoms with Crippen LogP contribution < -0.4 is 9.80 Å². The molecule has 1 aliphatic heterocycles. The van der Waals surface area contributed by atoms with Crippen LogP contribution in [0.4, 0.5) is 15.8 Å². The number of anilines is 2. The van der Waals surface area contributed by atoms with Crippen molar-refractivity contribution in [2.45, 2.75) is 66.3 Å². The van der Waals surface area contributed by atoms with Crippen molar-refractivity contribution in [2.75, 3.05) is 9.80 Å². The first-order valence-electron chi connectivity index (χ1n) is 11.1. The zero-order valence-corrected chi connectivity index (χ0v) is 21.9. The molecule has 3 rings (SSSR count). The van der Waals surface area contributed by atoms with Gasteiger partial charge in [0.15, 0.2) is 10.9 Å². The standard InChI is InChI=1S/C21H17ClFN5OS.2C2H6/c1-21(2)19(29)27(16-9-6-13(11-25)17(22)18(16)23)20(30)28(21)15-8-7-14(26-12-15)5-3-4-10-24;2*1-2/h6-9,12H,3-5H2,1-2H3;2*1-2H3. The molecule has 0 spiro atoms. The molecule has 0 saturated carbocycles. The van der Waals surface area contributed by atoms with Gasteiger partial charge in [0.2, 0.25) is 0 Å². The van der Waals surface area contributed by atoms with Gasteiger partial charge in [-0.3, -0.25) is 14.7 Å². The maximum atomic E-state index is 14.8. The molecule has 9 heteroatoms. The van der Waals surface area contributed by atoms with E-state index in [0.29, 0.717) is 24.9 Å². The number of aryl methyl sites for hydroxylation is 1. The topological polar surface area (TPSA) is 84.0 Å². The molecule has 0 aliphatic carbocycles. The highest BCUT2D eigenvalue weighted by Gasteiger charge is 2.51. The van der Waals surface area contributed by atoms with Crippen LogP contribution in [0.5, 0.6) is 0 Å². The van der Waals surface area contributed by atoms with Gasteiger partial charge in [0, 0.05) is 12.1 Å². The van der Waals surface area contributed by atoms with Crippen molar-refractivity contribution in [3.8, 4) is 12.1 Å². The van der Waals surface area contributed by atoms with Crippen LogP contribution >= 0.6 is 23.8 Å². The van der Waals surface area contributed by atoms with E-state index < -0.39 is 17.3 Å². The van der Waals surface area contributed by atoms with Crippen molar-refractivity contribution in [1.29, 1.82) is 10.5 Å². The molecule has 1 aliphatic rings. The van der Waals surface area contributed by atoms with Crippen LogP contribution in [0.3, 0.4) is 0 Å². The smallest absolute Gasteiger partial charge is 0.259 e. The summed E-state index contributed by atoms with van der Waals surface area (Å²) in [6.45, 7) is 11.4. The Morgan fingerprint density at radius 3 is 2.32 bits per heavy atom. The molecule has 1 aromatic heterocycles. The lowest BCUT2D eigenvalue weighted by Crippen LogP contribution is -2.44. The fourth-order valence-corrected chi connectivity index (χ4v) is 4.00. The normalized spacial score (nSPS) is 13.8. The fourth-order valence-electron chi connectivity index (χ4n) is 3.28. The number of nitriles is 2. The fraction of sp³-hybridized carbons (Fsp3) is 0.400. The molecule has 6 nitrogen and oxygen atoms in total. The molecular formula is C25H29ClFN5OS. The summed E-state index contributed by atoms with van der Waals surface area (Å²) in [5.74, 6) is -1.31.